The highest BCUT2D eigenvalue weighted by Crippen LogP contribution is 2.31. The van der Waals surface area contributed by atoms with Crippen molar-refractivity contribution >= 4 is 17.6 Å². The summed E-state index contributed by atoms with van der Waals surface area (Å²) in [7, 11) is 0. The van der Waals surface area contributed by atoms with Gasteiger partial charge in [-0.1, -0.05) is 32.3 Å². The molecule has 18 heavy (non-hydrogen) atoms. The van der Waals surface area contributed by atoms with Gasteiger partial charge in [0.25, 0.3) is 0 Å². The summed E-state index contributed by atoms with van der Waals surface area (Å²) in [4.78, 5) is 4.46. The molecular weight excluding hydrogens is 240 g/mol. The number of nitrogens with zero attached hydrogens (tertiary/aromatic N) is 1. The Bertz CT molecular complexity index is 348. The van der Waals surface area contributed by atoms with E-state index in [0.29, 0.717) is 0 Å². The SMILES string of the molecule is CCCNc1ncccc1CSC1CCCCC1. The number of hydrogen-bond donors (Lipinski definition) is 1. The summed E-state index contributed by atoms with van der Waals surface area (Å²) in [6.45, 7) is 3.20. The predicted molar refractivity (Wildman–Crippen MR) is 81.2 cm³/mol. The molecule has 1 aliphatic rings. The number of pyridine rings is 1. The monoisotopic (exact) mass is 264 g/mol. The number of aromatic nitrogens is 1. The average Bonchev–Trinajstić information content (AvgIpc) is 2.45. The van der Waals surface area contributed by atoms with Gasteiger partial charge in [-0.05, 0) is 25.3 Å². The lowest BCUT2D eigenvalue weighted by Gasteiger charge is -2.21. The Hall–Kier alpha value is -0.700. The lowest BCUT2D eigenvalue weighted by atomic mass is 10.0. The Kier molecular flexibility index (Phi) is 5.85. The molecule has 0 aliphatic heterocycles. The zero-order valence-electron chi connectivity index (χ0n) is 11.3. The first-order valence-corrected chi connectivity index (χ1v) is 8.24. The Balaban J connectivity index is 1.87. The molecule has 1 aliphatic carbocycles. The molecule has 0 atom stereocenters. The Morgan fingerprint density at radius 1 is 1.33 bits per heavy atom. The summed E-state index contributed by atoms with van der Waals surface area (Å²) in [6.07, 6.45) is 10.1. The van der Waals surface area contributed by atoms with E-state index in [9.17, 15) is 0 Å². The lowest BCUT2D eigenvalue weighted by molar-refractivity contribution is 0.516. The molecular formula is C15H24N2S. The molecule has 1 aromatic heterocycles. The molecule has 0 saturated heterocycles. The van der Waals surface area contributed by atoms with Gasteiger partial charge in [-0.2, -0.15) is 11.8 Å². The maximum atomic E-state index is 4.46. The van der Waals surface area contributed by atoms with Crippen LogP contribution in [0.5, 0.6) is 0 Å². The summed E-state index contributed by atoms with van der Waals surface area (Å²) < 4.78 is 0. The van der Waals surface area contributed by atoms with E-state index >= 15 is 0 Å². The van der Waals surface area contributed by atoms with E-state index in [1.807, 2.05) is 12.3 Å². The molecule has 1 saturated carbocycles. The summed E-state index contributed by atoms with van der Waals surface area (Å²) in [6, 6.07) is 4.26. The number of hydrogen-bond acceptors (Lipinski definition) is 3. The van der Waals surface area contributed by atoms with Crippen LogP contribution in [0.1, 0.15) is 51.0 Å². The molecule has 2 nitrogen and oxygen atoms in total. The Labute approximate surface area is 115 Å². The number of thioether (sulfide) groups is 1. The summed E-state index contributed by atoms with van der Waals surface area (Å²) in [5, 5.41) is 4.30. The maximum absolute atomic E-state index is 4.46. The average molecular weight is 264 g/mol. The van der Waals surface area contributed by atoms with Crippen molar-refractivity contribution in [2.24, 2.45) is 0 Å². The highest BCUT2D eigenvalue weighted by Gasteiger charge is 2.14. The van der Waals surface area contributed by atoms with E-state index in [1.54, 1.807) is 0 Å². The zero-order valence-corrected chi connectivity index (χ0v) is 12.1. The van der Waals surface area contributed by atoms with E-state index in [1.165, 1.54) is 37.7 Å². The van der Waals surface area contributed by atoms with Crippen molar-refractivity contribution in [3.63, 3.8) is 0 Å². The number of anilines is 1. The highest BCUT2D eigenvalue weighted by molar-refractivity contribution is 7.99. The van der Waals surface area contributed by atoms with Crippen molar-refractivity contribution in [1.82, 2.24) is 4.98 Å². The largest absolute Gasteiger partial charge is 0.370 e. The zero-order chi connectivity index (χ0) is 12.6. The van der Waals surface area contributed by atoms with Gasteiger partial charge in [-0.3, -0.25) is 0 Å². The summed E-state index contributed by atoms with van der Waals surface area (Å²) >= 11 is 2.12. The molecule has 1 fully saturated rings. The van der Waals surface area contributed by atoms with Crippen LogP contribution in [0.15, 0.2) is 18.3 Å². The molecule has 100 valence electrons. The van der Waals surface area contributed by atoms with Crippen LogP contribution in [-0.4, -0.2) is 16.8 Å². The molecule has 2 rings (SSSR count). The van der Waals surface area contributed by atoms with Gasteiger partial charge >= 0.3 is 0 Å². The van der Waals surface area contributed by atoms with Gasteiger partial charge in [0, 0.05) is 29.3 Å². The van der Waals surface area contributed by atoms with Gasteiger partial charge in [-0.15, -0.1) is 0 Å². The molecule has 1 aromatic rings. The van der Waals surface area contributed by atoms with Crippen molar-refractivity contribution in [3.05, 3.63) is 23.9 Å². The van der Waals surface area contributed by atoms with Crippen LogP contribution in [0, 0.1) is 0 Å². The number of nitrogens with one attached hydrogen (secondary N) is 1. The van der Waals surface area contributed by atoms with Crippen LogP contribution < -0.4 is 5.32 Å². The van der Waals surface area contributed by atoms with E-state index in [2.05, 4.69) is 35.1 Å². The van der Waals surface area contributed by atoms with Crippen molar-refractivity contribution in [2.45, 2.75) is 56.5 Å². The van der Waals surface area contributed by atoms with Crippen molar-refractivity contribution in [2.75, 3.05) is 11.9 Å². The maximum Gasteiger partial charge on any atom is 0.129 e. The van der Waals surface area contributed by atoms with Crippen molar-refractivity contribution in [3.8, 4) is 0 Å². The molecule has 0 bridgehead atoms. The summed E-state index contributed by atoms with van der Waals surface area (Å²) in [5.41, 5.74) is 1.36. The van der Waals surface area contributed by atoms with Crippen LogP contribution in [-0.2, 0) is 5.75 Å². The molecule has 3 heteroatoms. The van der Waals surface area contributed by atoms with Crippen molar-refractivity contribution in [1.29, 1.82) is 0 Å². The molecule has 0 radical (unpaired) electrons. The van der Waals surface area contributed by atoms with Crippen LogP contribution in [0.25, 0.3) is 0 Å². The fourth-order valence-corrected chi connectivity index (χ4v) is 3.71. The fourth-order valence-electron chi connectivity index (χ4n) is 2.40. The quantitative estimate of drug-likeness (QED) is 0.820. The second-order valence-electron chi connectivity index (χ2n) is 5.01. The van der Waals surface area contributed by atoms with E-state index in [0.717, 1.165) is 29.8 Å². The minimum atomic E-state index is 0.873. The minimum absolute atomic E-state index is 0.873. The van der Waals surface area contributed by atoms with Crippen LogP contribution in [0.4, 0.5) is 5.82 Å². The number of rotatable bonds is 6. The first kappa shape index (κ1) is 13.7. The van der Waals surface area contributed by atoms with E-state index in [-0.39, 0.29) is 0 Å². The van der Waals surface area contributed by atoms with Crippen LogP contribution in [0.3, 0.4) is 0 Å². The molecule has 0 spiro atoms. The third-order valence-electron chi connectivity index (χ3n) is 3.46. The fraction of sp³-hybridized carbons (Fsp3) is 0.667. The molecule has 0 amide bonds. The van der Waals surface area contributed by atoms with E-state index < -0.39 is 0 Å². The van der Waals surface area contributed by atoms with Crippen LogP contribution >= 0.6 is 11.8 Å². The summed E-state index contributed by atoms with van der Waals surface area (Å²) in [5.74, 6) is 2.19. The molecule has 1 N–H and O–H groups in total. The van der Waals surface area contributed by atoms with Gasteiger partial charge in [-0.25, -0.2) is 4.98 Å². The first-order valence-electron chi connectivity index (χ1n) is 7.19. The molecule has 0 aromatic carbocycles. The molecule has 0 unspecified atom stereocenters. The second-order valence-corrected chi connectivity index (χ2v) is 6.30. The van der Waals surface area contributed by atoms with Gasteiger partial charge in [0.15, 0.2) is 0 Å². The van der Waals surface area contributed by atoms with Gasteiger partial charge in [0.05, 0.1) is 0 Å². The van der Waals surface area contributed by atoms with Gasteiger partial charge in [0.2, 0.25) is 0 Å². The predicted octanol–water partition coefficient (Wildman–Crippen LogP) is 4.47. The minimum Gasteiger partial charge on any atom is -0.370 e. The first-order chi connectivity index (χ1) is 8.90. The third kappa shape index (κ3) is 4.20. The third-order valence-corrected chi connectivity index (χ3v) is 4.88. The smallest absolute Gasteiger partial charge is 0.129 e. The van der Waals surface area contributed by atoms with Gasteiger partial charge in [0.1, 0.15) is 5.82 Å². The van der Waals surface area contributed by atoms with Crippen molar-refractivity contribution < 1.29 is 0 Å². The normalized spacial score (nSPS) is 16.7. The van der Waals surface area contributed by atoms with Gasteiger partial charge < -0.3 is 5.32 Å². The second kappa shape index (κ2) is 7.67. The Morgan fingerprint density at radius 3 is 2.94 bits per heavy atom. The standard InChI is InChI=1S/C15H24N2S/c1-2-10-16-15-13(7-6-11-17-15)12-18-14-8-4-3-5-9-14/h6-7,11,14H,2-5,8-10,12H2,1H3,(H,16,17). The van der Waals surface area contributed by atoms with E-state index in [4.69, 9.17) is 0 Å². The lowest BCUT2D eigenvalue weighted by Crippen LogP contribution is -2.09. The van der Waals surface area contributed by atoms with Crippen LogP contribution in [0.2, 0.25) is 0 Å². The topological polar surface area (TPSA) is 24.9 Å². The highest BCUT2D eigenvalue weighted by atomic mass is 32.2. The Morgan fingerprint density at radius 2 is 2.17 bits per heavy atom. The molecule has 1 heterocycles.